The van der Waals surface area contributed by atoms with Crippen molar-refractivity contribution < 1.29 is 9.53 Å². The third kappa shape index (κ3) is 2.61. The summed E-state index contributed by atoms with van der Waals surface area (Å²) in [6, 6.07) is 1.87. The lowest BCUT2D eigenvalue weighted by Gasteiger charge is -2.38. The predicted molar refractivity (Wildman–Crippen MR) is 86.6 cm³/mol. The molecule has 0 aromatic carbocycles. The van der Waals surface area contributed by atoms with E-state index in [9.17, 15) is 9.59 Å². The van der Waals surface area contributed by atoms with Crippen LogP contribution in [-0.2, 0) is 11.3 Å². The molecule has 4 rings (SSSR count). The molecule has 2 aromatic rings. The van der Waals surface area contributed by atoms with Crippen molar-refractivity contribution in [3.8, 4) is 0 Å². The summed E-state index contributed by atoms with van der Waals surface area (Å²) in [5.74, 6) is 0.663. The van der Waals surface area contributed by atoms with Gasteiger partial charge in [-0.1, -0.05) is 0 Å². The molecule has 23 heavy (non-hydrogen) atoms. The van der Waals surface area contributed by atoms with Gasteiger partial charge in [-0.2, -0.15) is 0 Å². The number of amides is 1. The molecule has 7 nitrogen and oxygen atoms in total. The number of fused-ring (bicyclic) bond motifs is 1. The molecule has 122 valence electrons. The zero-order valence-electron chi connectivity index (χ0n) is 12.9. The van der Waals surface area contributed by atoms with E-state index < -0.39 is 5.60 Å². The normalized spacial score (nSPS) is 25.4. The Hall–Kier alpha value is -1.93. The van der Waals surface area contributed by atoms with Crippen molar-refractivity contribution in [2.24, 2.45) is 0 Å². The summed E-state index contributed by atoms with van der Waals surface area (Å²) in [7, 11) is 1.76. The monoisotopic (exact) mass is 334 g/mol. The molecule has 2 aliphatic heterocycles. The van der Waals surface area contributed by atoms with Crippen LogP contribution >= 0.6 is 11.3 Å². The van der Waals surface area contributed by atoms with E-state index in [1.807, 2.05) is 11.4 Å². The molecule has 2 aliphatic rings. The number of aromatic nitrogens is 2. The van der Waals surface area contributed by atoms with Crippen LogP contribution in [0.5, 0.6) is 0 Å². The van der Waals surface area contributed by atoms with Gasteiger partial charge in [0, 0.05) is 13.6 Å². The summed E-state index contributed by atoms with van der Waals surface area (Å²) in [6.07, 6.45) is 1.59. The Labute approximate surface area is 136 Å². The number of aromatic amines is 1. The molecule has 0 unspecified atom stereocenters. The van der Waals surface area contributed by atoms with E-state index in [1.54, 1.807) is 11.9 Å². The van der Waals surface area contributed by atoms with Gasteiger partial charge in [-0.15, -0.1) is 11.3 Å². The number of carbonyl (C=O) groups is 1. The van der Waals surface area contributed by atoms with Crippen LogP contribution in [0.2, 0.25) is 0 Å². The van der Waals surface area contributed by atoms with Gasteiger partial charge in [-0.25, -0.2) is 9.78 Å². The molecule has 2 saturated heterocycles. The fourth-order valence-electron chi connectivity index (χ4n) is 3.54. The molecule has 1 amide bonds. The maximum atomic E-state index is 12.1. The molecule has 2 fully saturated rings. The Kier molecular flexibility index (Phi) is 3.38. The van der Waals surface area contributed by atoms with Gasteiger partial charge in [0.1, 0.15) is 16.1 Å². The topological polar surface area (TPSA) is 78.5 Å². The maximum absolute atomic E-state index is 12.1. The summed E-state index contributed by atoms with van der Waals surface area (Å²) >= 11 is 1.40. The van der Waals surface area contributed by atoms with Gasteiger partial charge in [-0.05, 0) is 30.8 Å². The van der Waals surface area contributed by atoms with Crippen molar-refractivity contribution in [1.82, 2.24) is 19.8 Å². The van der Waals surface area contributed by atoms with E-state index in [1.165, 1.54) is 11.3 Å². The van der Waals surface area contributed by atoms with Gasteiger partial charge >= 0.3 is 6.09 Å². The molecule has 4 heterocycles. The van der Waals surface area contributed by atoms with Gasteiger partial charge in [0.15, 0.2) is 0 Å². The van der Waals surface area contributed by atoms with Crippen molar-refractivity contribution in [2.45, 2.75) is 25.0 Å². The van der Waals surface area contributed by atoms with Gasteiger partial charge < -0.3 is 14.6 Å². The van der Waals surface area contributed by atoms with Crippen molar-refractivity contribution >= 4 is 27.6 Å². The number of nitrogens with zero attached hydrogens (tertiary/aromatic N) is 3. The van der Waals surface area contributed by atoms with Crippen molar-refractivity contribution in [2.75, 3.05) is 26.7 Å². The van der Waals surface area contributed by atoms with Gasteiger partial charge in [0.25, 0.3) is 5.56 Å². The number of H-pyrrole nitrogens is 1. The lowest BCUT2D eigenvalue weighted by atomic mass is 9.93. The highest BCUT2D eigenvalue weighted by Gasteiger charge is 2.46. The second-order valence-electron chi connectivity index (χ2n) is 6.37. The van der Waals surface area contributed by atoms with Crippen LogP contribution in [0.25, 0.3) is 10.2 Å². The minimum atomic E-state index is -0.420. The van der Waals surface area contributed by atoms with E-state index in [-0.39, 0.29) is 11.7 Å². The van der Waals surface area contributed by atoms with E-state index in [4.69, 9.17) is 4.74 Å². The average molecular weight is 334 g/mol. The van der Waals surface area contributed by atoms with Crippen LogP contribution < -0.4 is 5.56 Å². The van der Waals surface area contributed by atoms with E-state index in [0.717, 1.165) is 24.9 Å². The first-order chi connectivity index (χ1) is 11.0. The van der Waals surface area contributed by atoms with Crippen LogP contribution in [0.1, 0.15) is 18.7 Å². The largest absolute Gasteiger partial charge is 0.440 e. The number of piperidine rings is 1. The number of likely N-dealkylation sites (N-methyl/N-ethyl adjacent to an activating group) is 1. The van der Waals surface area contributed by atoms with Crippen LogP contribution in [-0.4, -0.2) is 58.1 Å². The Morgan fingerprint density at radius 3 is 3.09 bits per heavy atom. The Bertz CT molecular complexity index is 816. The minimum absolute atomic E-state index is 0.0845. The van der Waals surface area contributed by atoms with Crippen molar-refractivity contribution in [3.05, 3.63) is 27.6 Å². The van der Waals surface area contributed by atoms with E-state index in [2.05, 4.69) is 14.9 Å². The standard InChI is InChI=1S/C15H18N4O3S/c1-18-8-15(22-14(18)21)4-2-5-19(9-15)7-11-16-10-3-6-23-12(10)13(20)17-11/h3,6H,2,4-5,7-9H2,1H3,(H,16,17,20)/t15-/m0/s1. The molecule has 0 aliphatic carbocycles. The number of carbonyl (C=O) groups excluding carboxylic acids is 1. The molecule has 1 spiro atoms. The minimum Gasteiger partial charge on any atom is -0.440 e. The highest BCUT2D eigenvalue weighted by Crippen LogP contribution is 2.31. The number of hydrogen-bond donors (Lipinski definition) is 1. The fraction of sp³-hybridized carbons (Fsp3) is 0.533. The molecule has 2 aromatic heterocycles. The molecule has 1 N–H and O–H groups in total. The van der Waals surface area contributed by atoms with Crippen LogP contribution in [0.15, 0.2) is 16.2 Å². The zero-order valence-corrected chi connectivity index (χ0v) is 13.7. The van der Waals surface area contributed by atoms with Gasteiger partial charge in [-0.3, -0.25) is 9.69 Å². The molecule has 1 atom stereocenters. The van der Waals surface area contributed by atoms with Crippen LogP contribution in [0, 0.1) is 0 Å². The highest BCUT2D eigenvalue weighted by atomic mass is 32.1. The summed E-state index contributed by atoms with van der Waals surface area (Å²) in [5, 5.41) is 1.88. The maximum Gasteiger partial charge on any atom is 0.410 e. The highest BCUT2D eigenvalue weighted by molar-refractivity contribution is 7.17. The average Bonchev–Trinajstić information content (AvgIpc) is 3.05. The van der Waals surface area contributed by atoms with Crippen molar-refractivity contribution in [1.29, 1.82) is 0 Å². The molecule has 0 bridgehead atoms. The Morgan fingerprint density at radius 1 is 1.43 bits per heavy atom. The number of thiophene rings is 1. The number of hydrogen-bond acceptors (Lipinski definition) is 6. The third-order valence-electron chi connectivity index (χ3n) is 4.50. The summed E-state index contributed by atoms with van der Waals surface area (Å²) < 4.78 is 6.27. The number of rotatable bonds is 2. The molecule has 8 heteroatoms. The lowest BCUT2D eigenvalue weighted by molar-refractivity contribution is -0.0120. The summed E-state index contributed by atoms with van der Waals surface area (Å²) in [4.78, 5) is 35.0. The SMILES string of the molecule is CN1C[C@]2(CCCN(Cc3nc4ccsc4c(=O)[nH]3)C2)OC1=O. The first kappa shape index (κ1) is 14.6. The fourth-order valence-corrected chi connectivity index (χ4v) is 4.26. The van der Waals surface area contributed by atoms with Crippen LogP contribution in [0.3, 0.4) is 0 Å². The second-order valence-corrected chi connectivity index (χ2v) is 7.28. The van der Waals surface area contributed by atoms with E-state index >= 15 is 0 Å². The van der Waals surface area contributed by atoms with Gasteiger partial charge in [0.2, 0.25) is 0 Å². The quantitative estimate of drug-likeness (QED) is 0.898. The molecular formula is C15H18N4O3S. The number of nitrogens with one attached hydrogen (secondary N) is 1. The van der Waals surface area contributed by atoms with E-state index in [0.29, 0.717) is 30.2 Å². The smallest absolute Gasteiger partial charge is 0.410 e. The second kappa shape index (κ2) is 5.31. The lowest BCUT2D eigenvalue weighted by Crippen LogP contribution is -2.50. The first-order valence-corrected chi connectivity index (χ1v) is 8.56. The molecule has 0 radical (unpaired) electrons. The Morgan fingerprint density at radius 2 is 2.30 bits per heavy atom. The first-order valence-electron chi connectivity index (χ1n) is 7.68. The van der Waals surface area contributed by atoms with Crippen LogP contribution in [0.4, 0.5) is 4.79 Å². The number of ether oxygens (including phenoxy) is 1. The molecular weight excluding hydrogens is 316 g/mol. The zero-order chi connectivity index (χ0) is 16.0. The third-order valence-corrected chi connectivity index (χ3v) is 5.40. The van der Waals surface area contributed by atoms with Gasteiger partial charge in [0.05, 0.1) is 18.6 Å². The summed E-state index contributed by atoms with van der Waals surface area (Å²) in [6.45, 7) is 2.77. The van der Waals surface area contributed by atoms with Crippen molar-refractivity contribution in [3.63, 3.8) is 0 Å². The molecule has 0 saturated carbocycles. The Balaban J connectivity index is 1.54. The summed E-state index contributed by atoms with van der Waals surface area (Å²) in [5.41, 5.74) is 0.239. The predicted octanol–water partition coefficient (Wildman–Crippen LogP) is 1.40. The number of likely N-dealkylation sites (tertiary alicyclic amines) is 1.